The first kappa shape index (κ1) is 16.1. The van der Waals surface area contributed by atoms with Crippen LogP contribution in [0.4, 0.5) is 0 Å². The molecule has 0 saturated carbocycles. The highest BCUT2D eigenvalue weighted by atomic mass is 32.1. The lowest BCUT2D eigenvalue weighted by molar-refractivity contribution is -0.145. The number of hydrogen-bond donors (Lipinski definition) is 2. The topological polar surface area (TPSA) is 106 Å². The van der Waals surface area contributed by atoms with Gasteiger partial charge in [-0.2, -0.15) is 0 Å². The second-order valence-corrected chi connectivity index (χ2v) is 5.94. The van der Waals surface area contributed by atoms with Crippen LogP contribution < -0.4 is 5.32 Å². The quantitative estimate of drug-likeness (QED) is 0.773. The van der Waals surface area contributed by atoms with E-state index >= 15 is 0 Å². The van der Waals surface area contributed by atoms with Gasteiger partial charge < -0.3 is 15.2 Å². The maximum atomic E-state index is 12.1. The third kappa shape index (κ3) is 3.68. The summed E-state index contributed by atoms with van der Waals surface area (Å²) in [7, 11) is 1.37. The second-order valence-electron chi connectivity index (χ2n) is 4.91. The summed E-state index contributed by atoms with van der Waals surface area (Å²) in [5.41, 5.74) is -1.47. The molecule has 2 rings (SSSR count). The summed E-state index contributed by atoms with van der Waals surface area (Å²) in [5.74, 6) is -1.80. The second kappa shape index (κ2) is 6.67. The van der Waals surface area contributed by atoms with Gasteiger partial charge in [0.2, 0.25) is 0 Å². The van der Waals surface area contributed by atoms with Crippen LogP contribution in [0.1, 0.15) is 22.3 Å². The average Bonchev–Trinajstić information content (AvgIpc) is 3.11. The highest BCUT2D eigenvalue weighted by molar-refractivity contribution is 7.09. The molecule has 9 heteroatoms. The minimum Gasteiger partial charge on any atom is -0.479 e. The highest BCUT2D eigenvalue weighted by Crippen LogP contribution is 2.11. The van der Waals surface area contributed by atoms with Crippen LogP contribution in [-0.4, -0.2) is 51.2 Å². The van der Waals surface area contributed by atoms with Gasteiger partial charge >= 0.3 is 5.97 Å². The summed E-state index contributed by atoms with van der Waals surface area (Å²) in [5, 5.41) is 21.2. The van der Waals surface area contributed by atoms with E-state index in [0.29, 0.717) is 6.54 Å². The molecule has 2 aromatic rings. The van der Waals surface area contributed by atoms with Gasteiger partial charge in [0.1, 0.15) is 0 Å². The van der Waals surface area contributed by atoms with Crippen molar-refractivity contribution in [3.63, 3.8) is 0 Å². The molecule has 22 heavy (non-hydrogen) atoms. The number of methoxy groups -OCH3 is 1. The fourth-order valence-corrected chi connectivity index (χ4v) is 2.49. The summed E-state index contributed by atoms with van der Waals surface area (Å²) < 4.78 is 6.37. The summed E-state index contributed by atoms with van der Waals surface area (Å²) in [6.07, 6.45) is 1.48. The number of nitrogens with zero attached hydrogens (tertiary/aromatic N) is 3. The molecular formula is C13H16N4O4S. The SMILES string of the molecule is COCC(C)(NC(=O)c1cn(Cc2cccs2)nn1)C(=O)O. The number of amides is 1. The number of aromatic nitrogens is 3. The Morgan fingerprint density at radius 2 is 2.32 bits per heavy atom. The summed E-state index contributed by atoms with van der Waals surface area (Å²) in [6.45, 7) is 1.72. The van der Waals surface area contributed by atoms with Crippen molar-refractivity contribution in [1.82, 2.24) is 20.3 Å². The molecule has 0 aliphatic rings. The highest BCUT2D eigenvalue weighted by Gasteiger charge is 2.35. The Bertz CT molecular complexity index is 655. The standard InChI is InChI=1S/C13H16N4O4S/c1-13(8-21-2,12(19)20)14-11(18)10-7-17(16-15-10)6-9-4-3-5-22-9/h3-5,7H,6,8H2,1-2H3,(H,14,18)(H,19,20). The molecule has 2 N–H and O–H groups in total. The fourth-order valence-electron chi connectivity index (χ4n) is 1.80. The van der Waals surface area contributed by atoms with Gasteiger partial charge in [-0.1, -0.05) is 11.3 Å². The summed E-state index contributed by atoms with van der Waals surface area (Å²) in [4.78, 5) is 24.4. The van der Waals surface area contributed by atoms with Gasteiger partial charge in [-0.05, 0) is 18.4 Å². The Hall–Kier alpha value is -2.26. The number of carboxylic acid groups (broad SMARTS) is 1. The Morgan fingerprint density at radius 1 is 1.55 bits per heavy atom. The molecule has 2 aromatic heterocycles. The number of ether oxygens (including phenoxy) is 1. The molecular weight excluding hydrogens is 308 g/mol. The molecule has 1 unspecified atom stereocenters. The van der Waals surface area contributed by atoms with E-state index < -0.39 is 17.4 Å². The van der Waals surface area contributed by atoms with Crippen molar-refractivity contribution in [2.24, 2.45) is 0 Å². The molecule has 118 valence electrons. The lowest BCUT2D eigenvalue weighted by atomic mass is 10.0. The van der Waals surface area contributed by atoms with Crippen molar-refractivity contribution >= 4 is 23.2 Å². The van der Waals surface area contributed by atoms with Crippen LogP contribution in [0.3, 0.4) is 0 Å². The monoisotopic (exact) mass is 324 g/mol. The van der Waals surface area contributed by atoms with Gasteiger partial charge in [-0.3, -0.25) is 4.79 Å². The van der Waals surface area contributed by atoms with Crippen LogP contribution in [0, 0.1) is 0 Å². The van der Waals surface area contributed by atoms with Crippen molar-refractivity contribution in [2.75, 3.05) is 13.7 Å². The zero-order chi connectivity index (χ0) is 16.2. The molecule has 0 aliphatic carbocycles. The first-order chi connectivity index (χ1) is 10.4. The van der Waals surface area contributed by atoms with Gasteiger partial charge in [0.15, 0.2) is 11.2 Å². The predicted octanol–water partition coefficient (Wildman–Crippen LogP) is 0.607. The van der Waals surface area contributed by atoms with Crippen LogP contribution in [0.5, 0.6) is 0 Å². The molecule has 0 radical (unpaired) electrons. The number of carboxylic acids is 1. The van der Waals surface area contributed by atoms with Crippen molar-refractivity contribution in [3.05, 3.63) is 34.3 Å². The number of rotatable bonds is 7. The lowest BCUT2D eigenvalue weighted by Gasteiger charge is -2.24. The van der Waals surface area contributed by atoms with Gasteiger partial charge in [0.05, 0.1) is 19.3 Å². The first-order valence-electron chi connectivity index (χ1n) is 6.42. The Morgan fingerprint density at radius 3 is 2.91 bits per heavy atom. The van der Waals surface area contributed by atoms with Crippen LogP contribution in [0.25, 0.3) is 0 Å². The predicted molar refractivity (Wildman–Crippen MR) is 78.8 cm³/mol. The largest absolute Gasteiger partial charge is 0.479 e. The van der Waals surface area contributed by atoms with E-state index in [0.717, 1.165) is 4.88 Å². The van der Waals surface area contributed by atoms with E-state index in [1.165, 1.54) is 24.9 Å². The molecule has 0 bridgehead atoms. The molecule has 0 saturated heterocycles. The number of thiophene rings is 1. The molecule has 1 atom stereocenters. The molecule has 0 fully saturated rings. The summed E-state index contributed by atoms with van der Waals surface area (Å²) >= 11 is 1.57. The molecule has 0 aliphatic heterocycles. The van der Waals surface area contributed by atoms with Gasteiger partial charge in [0.25, 0.3) is 5.91 Å². The van der Waals surface area contributed by atoms with Crippen LogP contribution in [0.2, 0.25) is 0 Å². The van der Waals surface area contributed by atoms with Crippen molar-refractivity contribution in [1.29, 1.82) is 0 Å². The lowest BCUT2D eigenvalue weighted by Crippen LogP contribution is -2.55. The Labute approximate surface area is 130 Å². The Balaban J connectivity index is 2.06. The van der Waals surface area contributed by atoms with E-state index in [2.05, 4.69) is 15.6 Å². The van der Waals surface area contributed by atoms with Crippen LogP contribution in [-0.2, 0) is 16.1 Å². The third-order valence-electron chi connectivity index (χ3n) is 2.96. The normalized spacial score (nSPS) is 13.5. The zero-order valence-corrected chi connectivity index (χ0v) is 13.0. The number of aliphatic carboxylic acids is 1. The van der Waals surface area contributed by atoms with Gasteiger partial charge in [-0.15, -0.1) is 16.4 Å². The van der Waals surface area contributed by atoms with E-state index in [-0.39, 0.29) is 12.3 Å². The molecule has 8 nitrogen and oxygen atoms in total. The molecule has 2 heterocycles. The number of hydrogen-bond acceptors (Lipinski definition) is 6. The van der Waals surface area contributed by atoms with Crippen molar-refractivity contribution < 1.29 is 19.4 Å². The first-order valence-corrected chi connectivity index (χ1v) is 7.30. The van der Waals surface area contributed by atoms with Gasteiger partial charge in [-0.25, -0.2) is 9.48 Å². The van der Waals surface area contributed by atoms with Gasteiger partial charge in [0, 0.05) is 12.0 Å². The molecule has 1 amide bonds. The molecule has 0 aromatic carbocycles. The van der Waals surface area contributed by atoms with E-state index in [9.17, 15) is 14.7 Å². The van der Waals surface area contributed by atoms with Crippen molar-refractivity contribution in [3.8, 4) is 0 Å². The van der Waals surface area contributed by atoms with Crippen LogP contribution in [0.15, 0.2) is 23.7 Å². The number of carbonyl (C=O) groups excluding carboxylic acids is 1. The third-order valence-corrected chi connectivity index (χ3v) is 3.82. The average molecular weight is 324 g/mol. The minimum atomic E-state index is -1.52. The van der Waals surface area contributed by atoms with Crippen LogP contribution >= 0.6 is 11.3 Å². The minimum absolute atomic E-state index is 0.0557. The Kier molecular flexibility index (Phi) is 4.88. The number of carbonyl (C=O) groups is 2. The zero-order valence-electron chi connectivity index (χ0n) is 12.1. The summed E-state index contributed by atoms with van der Waals surface area (Å²) in [6, 6.07) is 3.87. The smallest absolute Gasteiger partial charge is 0.331 e. The maximum Gasteiger partial charge on any atom is 0.331 e. The van der Waals surface area contributed by atoms with Crippen molar-refractivity contribution in [2.45, 2.75) is 19.0 Å². The van der Waals surface area contributed by atoms with E-state index in [1.807, 2.05) is 17.5 Å². The fraction of sp³-hybridized carbons (Fsp3) is 0.385. The van der Waals surface area contributed by atoms with E-state index in [4.69, 9.17) is 4.74 Å². The maximum absolute atomic E-state index is 12.1. The molecule has 0 spiro atoms. The number of nitrogens with one attached hydrogen (secondary N) is 1. The van der Waals surface area contributed by atoms with E-state index in [1.54, 1.807) is 11.3 Å².